The van der Waals surface area contributed by atoms with Crippen molar-refractivity contribution in [3.05, 3.63) is 44.1 Å². The van der Waals surface area contributed by atoms with E-state index in [0.717, 1.165) is 0 Å². The number of anilines is 1. The van der Waals surface area contributed by atoms with Gasteiger partial charge in [-0.25, -0.2) is 14.5 Å². The molecule has 3 aliphatic rings. The maximum Gasteiger partial charge on any atom is 0.386 e. The second-order valence-corrected chi connectivity index (χ2v) is 17.4. The molecular formula is C22H22Cl3N7O11P2S2. The zero-order chi connectivity index (χ0) is 33.6. The van der Waals surface area contributed by atoms with E-state index in [1.165, 1.54) is 27.6 Å². The smallest absolute Gasteiger partial charge is 0.386 e. The molecule has 4 bridgehead atoms. The minimum absolute atomic E-state index is 0.0452. The zero-order valence-electron chi connectivity index (χ0n) is 23.1. The molecular weight excluding hydrogens is 771 g/mol. The number of nitrogens with two attached hydrogens (primary N) is 1. The van der Waals surface area contributed by atoms with Crippen molar-refractivity contribution >= 4 is 101 Å². The molecule has 7 rings (SSSR count). The Labute approximate surface area is 287 Å². The molecule has 0 spiro atoms. The summed E-state index contributed by atoms with van der Waals surface area (Å²) in [6.45, 7) is -9.86. The summed E-state index contributed by atoms with van der Waals surface area (Å²) in [5, 5.41) is 22.8. The summed E-state index contributed by atoms with van der Waals surface area (Å²) in [6, 6.07) is 2.93. The number of ether oxygens (including phenoxy) is 2. The third-order valence-corrected chi connectivity index (χ3v) is 11.8. The van der Waals surface area contributed by atoms with Gasteiger partial charge in [0, 0.05) is 0 Å². The van der Waals surface area contributed by atoms with E-state index in [0.29, 0.717) is 11.0 Å². The van der Waals surface area contributed by atoms with Gasteiger partial charge in [-0.2, -0.15) is 4.98 Å². The van der Waals surface area contributed by atoms with Gasteiger partial charge in [0.1, 0.15) is 36.6 Å². The summed E-state index contributed by atoms with van der Waals surface area (Å²) in [6.07, 6.45) is -10.2. The molecule has 18 nitrogen and oxygen atoms in total. The van der Waals surface area contributed by atoms with Crippen LogP contribution in [-0.2, 0) is 43.9 Å². The van der Waals surface area contributed by atoms with Crippen LogP contribution in [0, 0.1) is 0 Å². The van der Waals surface area contributed by atoms with Gasteiger partial charge in [-0.3, -0.25) is 32.5 Å². The molecule has 3 saturated heterocycles. The number of hydrogen-bond donors (Lipinski definition) is 6. The Morgan fingerprint density at radius 3 is 2.38 bits per heavy atom. The molecule has 3 aromatic heterocycles. The highest BCUT2D eigenvalue weighted by Gasteiger charge is 2.53. The second kappa shape index (κ2) is 12.4. The fourth-order valence-electron chi connectivity index (χ4n) is 5.51. The largest absolute Gasteiger partial charge is 0.387 e. The van der Waals surface area contributed by atoms with E-state index in [1.807, 2.05) is 0 Å². The van der Waals surface area contributed by atoms with Crippen LogP contribution in [-0.4, -0.2) is 94.0 Å². The number of imidazole rings is 2. The van der Waals surface area contributed by atoms with Gasteiger partial charge in [-0.15, -0.1) is 0 Å². The zero-order valence-corrected chi connectivity index (χ0v) is 28.8. The molecule has 0 radical (unpaired) electrons. The molecule has 47 heavy (non-hydrogen) atoms. The number of benzene rings is 1. The summed E-state index contributed by atoms with van der Waals surface area (Å²) in [4.78, 5) is 38.2. The molecule has 25 heteroatoms. The van der Waals surface area contributed by atoms with Crippen LogP contribution >= 0.6 is 60.6 Å². The van der Waals surface area contributed by atoms with Gasteiger partial charge in [-0.05, 0) is 35.5 Å². The molecule has 0 amide bonds. The van der Waals surface area contributed by atoms with E-state index < -0.39 is 81.4 Å². The van der Waals surface area contributed by atoms with Gasteiger partial charge in [-0.1, -0.05) is 35.5 Å². The lowest BCUT2D eigenvalue weighted by molar-refractivity contribution is -0.0599. The summed E-state index contributed by atoms with van der Waals surface area (Å²) in [5.74, 6) is -0.233. The molecule has 3 fully saturated rings. The average Bonchev–Trinajstić information content (AvgIpc) is 3.70. The Bertz CT molecular complexity index is 2050. The first-order valence-corrected chi connectivity index (χ1v) is 19.8. The van der Waals surface area contributed by atoms with Crippen LogP contribution in [0.25, 0.3) is 22.2 Å². The summed E-state index contributed by atoms with van der Waals surface area (Å²) < 4.78 is 50.7. The normalized spacial score (nSPS) is 36.7. The van der Waals surface area contributed by atoms with Gasteiger partial charge in [0.15, 0.2) is 23.6 Å². The van der Waals surface area contributed by atoms with E-state index in [1.54, 1.807) is 0 Å². The number of hydrogen-bond acceptors (Lipinski definition) is 15. The number of rotatable bonds is 2. The van der Waals surface area contributed by atoms with Crippen LogP contribution in [0.5, 0.6) is 0 Å². The molecule has 6 N–H and O–H groups in total. The summed E-state index contributed by atoms with van der Waals surface area (Å²) in [7, 11) is 0. The van der Waals surface area contributed by atoms with Crippen LogP contribution in [0.4, 0.5) is 5.95 Å². The Kier molecular flexibility index (Phi) is 8.99. The molecule has 0 saturated carbocycles. The molecule has 4 aromatic rings. The summed E-state index contributed by atoms with van der Waals surface area (Å²) in [5.41, 5.74) is 5.56. The lowest BCUT2D eigenvalue weighted by Gasteiger charge is -2.28. The van der Waals surface area contributed by atoms with Crippen LogP contribution < -0.4 is 11.3 Å². The van der Waals surface area contributed by atoms with Crippen LogP contribution in [0.1, 0.15) is 12.5 Å². The van der Waals surface area contributed by atoms with Crippen LogP contribution in [0.2, 0.25) is 15.3 Å². The number of nitrogens with one attached hydrogen (secondary N) is 1. The number of nitrogens with zero attached hydrogens (tertiary/aromatic N) is 5. The second-order valence-electron chi connectivity index (χ2n) is 10.6. The number of nitrogen functional groups attached to an aromatic ring is 1. The fraction of sp³-hybridized carbons (Fsp3) is 0.455. The van der Waals surface area contributed by atoms with Crippen molar-refractivity contribution in [3.63, 3.8) is 0 Å². The molecule has 10 unspecified atom stereocenters. The van der Waals surface area contributed by atoms with Crippen molar-refractivity contribution < 1.29 is 47.2 Å². The van der Waals surface area contributed by atoms with Crippen molar-refractivity contribution in [1.82, 2.24) is 29.1 Å². The van der Waals surface area contributed by atoms with Gasteiger partial charge in [0.05, 0.1) is 40.6 Å². The van der Waals surface area contributed by atoms with E-state index in [-0.39, 0.29) is 32.4 Å². The minimum atomic E-state index is -4.40. The van der Waals surface area contributed by atoms with E-state index in [2.05, 4.69) is 32.2 Å². The highest BCUT2D eigenvalue weighted by molar-refractivity contribution is 8.44. The van der Waals surface area contributed by atoms with Gasteiger partial charge < -0.3 is 34.8 Å². The van der Waals surface area contributed by atoms with Gasteiger partial charge in [0.2, 0.25) is 11.2 Å². The lowest BCUT2D eigenvalue weighted by Crippen LogP contribution is -2.37. The summed E-state index contributed by atoms with van der Waals surface area (Å²) >= 11 is 28.2. The molecule has 10 atom stereocenters. The predicted molar refractivity (Wildman–Crippen MR) is 172 cm³/mol. The SMILES string of the molecule is Nc1nc2c(ncn2C2OC3COP(O)(=S)OC4C(O)C(COP(=O)(S)OC2C3O)OC4n2c(Cl)nc3cc(Cl)c(Cl)cc32)c(=O)[nH]1. The number of aromatic amines is 1. The number of H-pyrrole nitrogens is 1. The predicted octanol–water partition coefficient (Wildman–Crippen LogP) is 2.30. The number of aromatic nitrogens is 6. The molecule has 1 aromatic carbocycles. The Balaban J connectivity index is 1.24. The first-order chi connectivity index (χ1) is 22.1. The van der Waals surface area contributed by atoms with E-state index in [4.69, 9.17) is 79.9 Å². The Hall–Kier alpha value is -1.42. The number of fused-ring (bicyclic) bond motifs is 6. The van der Waals surface area contributed by atoms with Gasteiger partial charge >= 0.3 is 13.5 Å². The van der Waals surface area contributed by atoms with Crippen LogP contribution in [0.15, 0.2) is 23.3 Å². The minimum Gasteiger partial charge on any atom is -0.387 e. The molecule has 254 valence electrons. The Morgan fingerprint density at radius 2 is 1.66 bits per heavy atom. The van der Waals surface area contributed by atoms with Gasteiger partial charge in [0.25, 0.3) is 5.56 Å². The number of aliphatic hydroxyl groups excluding tert-OH is 2. The average molecular weight is 793 g/mol. The van der Waals surface area contributed by atoms with E-state index in [9.17, 15) is 24.5 Å². The number of thiol groups is 1. The van der Waals surface area contributed by atoms with Crippen molar-refractivity contribution in [2.75, 3.05) is 18.9 Å². The highest BCUT2D eigenvalue weighted by atomic mass is 35.5. The first-order valence-electron chi connectivity index (χ1n) is 13.4. The maximum atomic E-state index is 13.6. The first kappa shape index (κ1) is 34.0. The van der Waals surface area contributed by atoms with E-state index >= 15 is 0 Å². The Morgan fingerprint density at radius 1 is 1.02 bits per heavy atom. The van der Waals surface area contributed by atoms with Crippen molar-refractivity contribution in [2.24, 2.45) is 0 Å². The molecule has 0 aliphatic carbocycles. The number of aliphatic hydroxyl groups is 2. The van der Waals surface area contributed by atoms with Crippen molar-refractivity contribution in [2.45, 2.75) is 49.1 Å². The fourth-order valence-corrected chi connectivity index (χ4v) is 8.97. The molecule has 3 aliphatic heterocycles. The third-order valence-electron chi connectivity index (χ3n) is 7.61. The molecule has 6 heterocycles. The lowest BCUT2D eigenvalue weighted by atomic mass is 10.1. The van der Waals surface area contributed by atoms with Crippen molar-refractivity contribution in [3.8, 4) is 0 Å². The topological polar surface area (TPSA) is 241 Å². The highest BCUT2D eigenvalue weighted by Crippen LogP contribution is 2.58. The third kappa shape index (κ3) is 6.27. The quantitative estimate of drug-likeness (QED) is 0.126. The van der Waals surface area contributed by atoms with Crippen molar-refractivity contribution in [1.29, 1.82) is 0 Å². The number of halogens is 3. The maximum absolute atomic E-state index is 13.6. The van der Waals surface area contributed by atoms with Crippen LogP contribution in [0.3, 0.4) is 0 Å². The standard InChI is InChI=1S/C22H22Cl3N7O11P2S2/c23-6-1-8-9(2-7(6)24)32(21(25)28-8)20-16-14(34)11(41-20)4-39-44(36,46)42-15-13(33)10(3-38-45(37,47)43-16)40-19(15)31-5-27-12-17(31)29-22(26)30-18(12)35/h1-2,5,10-11,13-16,19-20,33-34H,3-4H2,(H,36,46)(H,37,47)(H3,26,29,30,35). The monoisotopic (exact) mass is 791 g/mol.